The topological polar surface area (TPSA) is 93.8 Å². The number of aryl methyl sites for hydroxylation is 3. The van der Waals surface area contributed by atoms with Gasteiger partial charge < -0.3 is 4.98 Å². The molecule has 0 radical (unpaired) electrons. The number of imidazole rings is 2. The average molecular weight is 351 g/mol. The molecule has 8 nitrogen and oxygen atoms in total. The molecule has 4 aromatic rings. The molecule has 0 bridgehead atoms. The fourth-order valence-corrected chi connectivity index (χ4v) is 3.29. The maximum absolute atomic E-state index is 12.5. The lowest BCUT2D eigenvalue weighted by atomic mass is 10.2. The van der Waals surface area contributed by atoms with Gasteiger partial charge in [0, 0.05) is 25.2 Å². The molecule has 0 unspecified atom stereocenters. The summed E-state index contributed by atoms with van der Waals surface area (Å²) in [7, 11) is 0. The van der Waals surface area contributed by atoms with Crippen LogP contribution in [0.4, 0.5) is 0 Å². The lowest BCUT2D eigenvalue weighted by Crippen LogP contribution is -2.16. The lowest BCUT2D eigenvalue weighted by molar-refractivity contribution is 0.805. The van der Waals surface area contributed by atoms with Crippen LogP contribution < -0.4 is 5.56 Å². The molecule has 134 valence electrons. The number of nitrogens with zero attached hydrogens (tertiary/aromatic N) is 6. The molecule has 4 heterocycles. The van der Waals surface area contributed by atoms with E-state index in [1.54, 1.807) is 12.4 Å². The van der Waals surface area contributed by atoms with E-state index in [0.717, 1.165) is 36.6 Å². The van der Waals surface area contributed by atoms with Crippen molar-refractivity contribution in [2.45, 2.75) is 46.5 Å². The molecule has 0 amide bonds. The summed E-state index contributed by atoms with van der Waals surface area (Å²) in [6.07, 6.45) is 8.38. The molecule has 4 rings (SSSR count). The highest BCUT2D eigenvalue weighted by Crippen LogP contribution is 2.19. The van der Waals surface area contributed by atoms with Crippen LogP contribution in [0.25, 0.3) is 22.6 Å². The van der Waals surface area contributed by atoms with Crippen LogP contribution in [0.1, 0.15) is 44.5 Å². The van der Waals surface area contributed by atoms with Gasteiger partial charge in [-0.3, -0.25) is 13.8 Å². The summed E-state index contributed by atoms with van der Waals surface area (Å²) < 4.78 is 3.75. The summed E-state index contributed by atoms with van der Waals surface area (Å²) >= 11 is 0. The number of hydrogen-bond acceptors (Lipinski definition) is 5. The van der Waals surface area contributed by atoms with Gasteiger partial charge in [-0.25, -0.2) is 15.0 Å². The molecular formula is C18H21N7O. The molecule has 8 heteroatoms. The summed E-state index contributed by atoms with van der Waals surface area (Å²) in [5.41, 5.74) is 2.52. The quantitative estimate of drug-likeness (QED) is 0.595. The van der Waals surface area contributed by atoms with E-state index in [1.165, 1.54) is 0 Å². The second-order valence-electron chi connectivity index (χ2n) is 6.19. The summed E-state index contributed by atoms with van der Waals surface area (Å²) in [4.78, 5) is 33.7. The summed E-state index contributed by atoms with van der Waals surface area (Å²) in [5.74, 6) is 2.28. The third-order valence-electron chi connectivity index (χ3n) is 4.52. The molecule has 0 aliphatic rings. The van der Waals surface area contributed by atoms with Crippen LogP contribution in [-0.4, -0.2) is 33.9 Å². The fourth-order valence-electron chi connectivity index (χ4n) is 3.29. The molecule has 26 heavy (non-hydrogen) atoms. The molecule has 0 saturated heterocycles. The molecular weight excluding hydrogens is 330 g/mol. The van der Waals surface area contributed by atoms with E-state index >= 15 is 0 Å². The van der Waals surface area contributed by atoms with Crippen molar-refractivity contribution in [1.82, 2.24) is 33.9 Å². The van der Waals surface area contributed by atoms with Gasteiger partial charge in [-0.2, -0.15) is 4.98 Å². The van der Waals surface area contributed by atoms with E-state index in [-0.39, 0.29) is 5.56 Å². The minimum atomic E-state index is -0.171. The van der Waals surface area contributed by atoms with E-state index in [1.807, 2.05) is 29.0 Å². The van der Waals surface area contributed by atoms with Crippen LogP contribution in [0, 0.1) is 0 Å². The number of H-pyrrole nitrogens is 1. The Morgan fingerprint density at radius 1 is 1.08 bits per heavy atom. The van der Waals surface area contributed by atoms with Gasteiger partial charge in [0.2, 0.25) is 5.95 Å². The van der Waals surface area contributed by atoms with Gasteiger partial charge in [0.05, 0.1) is 11.9 Å². The number of aromatic nitrogens is 7. The summed E-state index contributed by atoms with van der Waals surface area (Å²) in [6, 6.07) is 0. The second kappa shape index (κ2) is 6.36. The van der Waals surface area contributed by atoms with Crippen LogP contribution in [0.2, 0.25) is 0 Å². The SMILES string of the molecule is CCCc1nc(-n2ccnc2CC)nc2c1[nH]c(=O)c1cnc(CC)n12. The van der Waals surface area contributed by atoms with Gasteiger partial charge in [0.1, 0.15) is 22.7 Å². The lowest BCUT2D eigenvalue weighted by Gasteiger charge is -2.12. The highest BCUT2D eigenvalue weighted by atomic mass is 16.1. The van der Waals surface area contributed by atoms with Crippen LogP contribution in [0.3, 0.4) is 0 Å². The van der Waals surface area contributed by atoms with Gasteiger partial charge in [0.25, 0.3) is 5.56 Å². The standard InChI is InChI=1S/C18H21N7O/c1-4-7-11-15-16(23-18(21-11)24-9-8-19-13(24)5-2)25-12(17(26)22-15)10-20-14(25)6-3/h8-10H,4-7H2,1-3H3,(H,22,26). The Balaban J connectivity index is 2.13. The highest BCUT2D eigenvalue weighted by molar-refractivity contribution is 5.77. The third-order valence-corrected chi connectivity index (χ3v) is 4.52. The van der Waals surface area contributed by atoms with E-state index in [4.69, 9.17) is 9.97 Å². The van der Waals surface area contributed by atoms with E-state index < -0.39 is 0 Å². The number of fused-ring (bicyclic) bond motifs is 3. The third kappa shape index (κ3) is 2.40. The zero-order valence-electron chi connectivity index (χ0n) is 15.2. The molecule has 0 aliphatic carbocycles. The van der Waals surface area contributed by atoms with Gasteiger partial charge in [-0.05, 0) is 6.42 Å². The first-order valence-corrected chi connectivity index (χ1v) is 8.99. The van der Waals surface area contributed by atoms with Crippen molar-refractivity contribution in [3.63, 3.8) is 0 Å². The minimum Gasteiger partial charge on any atom is -0.316 e. The maximum Gasteiger partial charge on any atom is 0.274 e. The molecule has 0 fully saturated rings. The Hall–Kier alpha value is -3.03. The Labute approximate surface area is 150 Å². The minimum absolute atomic E-state index is 0.171. The number of hydrogen-bond donors (Lipinski definition) is 1. The van der Waals surface area contributed by atoms with Crippen molar-refractivity contribution in [3.8, 4) is 5.95 Å². The van der Waals surface area contributed by atoms with E-state index in [2.05, 4.69) is 21.9 Å². The monoisotopic (exact) mass is 351 g/mol. The Bertz CT molecular complexity index is 1150. The molecule has 0 spiro atoms. The van der Waals surface area contributed by atoms with Crippen LogP contribution in [-0.2, 0) is 19.3 Å². The van der Waals surface area contributed by atoms with Crippen molar-refractivity contribution < 1.29 is 0 Å². The van der Waals surface area contributed by atoms with E-state index in [9.17, 15) is 4.79 Å². The fraction of sp³-hybridized carbons (Fsp3) is 0.389. The molecule has 1 N–H and O–H groups in total. The van der Waals surface area contributed by atoms with Gasteiger partial charge in [-0.1, -0.05) is 27.2 Å². The zero-order valence-corrected chi connectivity index (χ0v) is 15.2. The Morgan fingerprint density at radius 3 is 2.62 bits per heavy atom. The maximum atomic E-state index is 12.5. The van der Waals surface area contributed by atoms with Gasteiger partial charge in [-0.15, -0.1) is 0 Å². The first kappa shape index (κ1) is 16.4. The molecule has 0 atom stereocenters. The van der Waals surface area contributed by atoms with Crippen LogP contribution in [0.15, 0.2) is 23.4 Å². The van der Waals surface area contributed by atoms with E-state index in [0.29, 0.717) is 29.0 Å². The molecule has 0 aliphatic heterocycles. The molecule has 0 saturated carbocycles. The second-order valence-corrected chi connectivity index (χ2v) is 6.19. The first-order valence-electron chi connectivity index (χ1n) is 8.99. The van der Waals surface area contributed by atoms with Crippen molar-refractivity contribution >= 4 is 16.7 Å². The highest BCUT2D eigenvalue weighted by Gasteiger charge is 2.17. The van der Waals surface area contributed by atoms with Crippen LogP contribution in [0.5, 0.6) is 0 Å². The van der Waals surface area contributed by atoms with Crippen molar-refractivity contribution in [2.75, 3.05) is 0 Å². The normalized spacial score (nSPS) is 11.7. The molecule has 4 aromatic heterocycles. The predicted molar refractivity (Wildman–Crippen MR) is 98.8 cm³/mol. The van der Waals surface area contributed by atoms with Gasteiger partial charge in [0.15, 0.2) is 5.65 Å². The summed E-state index contributed by atoms with van der Waals surface area (Å²) in [6.45, 7) is 6.16. The Kier molecular flexibility index (Phi) is 4.02. The average Bonchev–Trinajstić information content (AvgIpc) is 3.29. The number of nitrogens with one attached hydrogen (secondary N) is 1. The van der Waals surface area contributed by atoms with Crippen LogP contribution >= 0.6 is 0 Å². The first-order chi connectivity index (χ1) is 12.7. The Morgan fingerprint density at radius 2 is 1.88 bits per heavy atom. The van der Waals surface area contributed by atoms with Crippen molar-refractivity contribution in [2.24, 2.45) is 0 Å². The predicted octanol–water partition coefficient (Wildman–Crippen LogP) is 2.23. The van der Waals surface area contributed by atoms with Crippen molar-refractivity contribution in [3.05, 3.63) is 46.3 Å². The zero-order chi connectivity index (χ0) is 18.3. The largest absolute Gasteiger partial charge is 0.316 e. The molecule has 0 aromatic carbocycles. The number of rotatable bonds is 5. The summed E-state index contributed by atoms with van der Waals surface area (Å²) in [5, 5.41) is 0. The smallest absolute Gasteiger partial charge is 0.274 e. The number of aromatic amines is 1. The van der Waals surface area contributed by atoms with Gasteiger partial charge >= 0.3 is 0 Å². The van der Waals surface area contributed by atoms with Crippen molar-refractivity contribution in [1.29, 1.82) is 0 Å².